The number of benzene rings is 2. The monoisotopic (exact) mass is 519 g/mol. The van der Waals surface area contributed by atoms with Crippen molar-refractivity contribution in [3.63, 3.8) is 0 Å². The lowest BCUT2D eigenvalue weighted by Gasteiger charge is -2.27. The Hall–Kier alpha value is -3.55. The highest BCUT2D eigenvalue weighted by molar-refractivity contribution is 5.85. The van der Waals surface area contributed by atoms with Crippen LogP contribution < -0.4 is 16.2 Å². The van der Waals surface area contributed by atoms with Gasteiger partial charge in [0.2, 0.25) is 5.95 Å². The fraction of sp³-hybridized carbons (Fsp3) is 0.276. The lowest BCUT2D eigenvalue weighted by molar-refractivity contribution is 0.480. The second kappa shape index (κ2) is 12.1. The van der Waals surface area contributed by atoms with Crippen molar-refractivity contribution in [3.8, 4) is 22.4 Å². The number of rotatable bonds is 8. The third-order valence-electron chi connectivity index (χ3n) is 6.86. The van der Waals surface area contributed by atoms with Crippen LogP contribution in [0, 0.1) is 5.82 Å². The maximum Gasteiger partial charge on any atom is 0.263 e. The summed E-state index contributed by atoms with van der Waals surface area (Å²) in [5.74, 6) is 0.169. The van der Waals surface area contributed by atoms with Crippen molar-refractivity contribution in [2.24, 2.45) is 7.05 Å². The molecule has 1 aliphatic rings. The fourth-order valence-electron chi connectivity index (χ4n) is 4.89. The predicted molar refractivity (Wildman–Crippen MR) is 149 cm³/mol. The average molecular weight is 520 g/mol. The van der Waals surface area contributed by atoms with Crippen molar-refractivity contribution in [1.29, 1.82) is 0 Å². The van der Waals surface area contributed by atoms with Gasteiger partial charge in [0.25, 0.3) is 5.56 Å². The Kier molecular flexibility index (Phi) is 8.69. The molecular formula is C29H31ClFN5O. The van der Waals surface area contributed by atoms with Crippen molar-refractivity contribution in [1.82, 2.24) is 19.9 Å². The number of hydrogen-bond acceptors (Lipinski definition) is 5. The number of aryl methyl sites for hydroxylation is 1. The molecule has 8 heteroatoms. The van der Waals surface area contributed by atoms with Crippen LogP contribution in [0.1, 0.15) is 24.8 Å². The molecule has 0 spiro atoms. The van der Waals surface area contributed by atoms with Gasteiger partial charge in [-0.1, -0.05) is 42.5 Å². The van der Waals surface area contributed by atoms with Gasteiger partial charge >= 0.3 is 0 Å². The molecular weight excluding hydrogens is 489 g/mol. The molecule has 2 atom stereocenters. The summed E-state index contributed by atoms with van der Waals surface area (Å²) in [6.07, 6.45) is 7.40. The molecule has 2 unspecified atom stereocenters. The molecule has 6 nitrogen and oxygen atoms in total. The van der Waals surface area contributed by atoms with Gasteiger partial charge in [-0.15, -0.1) is 12.4 Å². The van der Waals surface area contributed by atoms with Gasteiger partial charge in [-0.25, -0.2) is 9.37 Å². The summed E-state index contributed by atoms with van der Waals surface area (Å²) in [4.78, 5) is 22.8. The van der Waals surface area contributed by atoms with Gasteiger partial charge in [-0.2, -0.15) is 0 Å². The maximum atomic E-state index is 13.7. The van der Waals surface area contributed by atoms with Gasteiger partial charge in [-0.05, 0) is 67.6 Å². The second-order valence-corrected chi connectivity index (χ2v) is 9.24. The molecule has 0 radical (unpaired) electrons. The third kappa shape index (κ3) is 6.06. The Morgan fingerprint density at radius 3 is 2.46 bits per heavy atom. The Morgan fingerprint density at radius 2 is 1.78 bits per heavy atom. The maximum absolute atomic E-state index is 13.7. The molecule has 2 aromatic carbocycles. The summed E-state index contributed by atoms with van der Waals surface area (Å²) in [7, 11) is 1.73. The second-order valence-electron chi connectivity index (χ2n) is 9.24. The first-order valence-corrected chi connectivity index (χ1v) is 12.4. The molecule has 3 heterocycles. The average Bonchev–Trinajstić information content (AvgIpc) is 3.46. The minimum absolute atomic E-state index is 0. The Labute approximate surface area is 222 Å². The molecule has 4 aromatic rings. The standard InChI is InChI=1S/C29H30FN5O.ClH/c1-35-28(36)26(21-10-12-23(30)13-11-21)27(22-15-18-31-19-16-22)34-29(35)33-25(24-8-5-17-32-24)14-9-20-6-3-2-4-7-20;/h2-4,6-7,10-13,15-16,18-19,24-25,32H,5,8-9,14,17H2,1H3,(H,33,34);1H. The summed E-state index contributed by atoms with van der Waals surface area (Å²) in [6.45, 7) is 0.992. The summed E-state index contributed by atoms with van der Waals surface area (Å²) < 4.78 is 15.2. The minimum Gasteiger partial charge on any atom is -0.351 e. The van der Waals surface area contributed by atoms with Gasteiger partial charge in [0.1, 0.15) is 5.82 Å². The number of nitrogens with one attached hydrogen (secondary N) is 2. The smallest absolute Gasteiger partial charge is 0.263 e. The molecule has 0 bridgehead atoms. The summed E-state index contributed by atoms with van der Waals surface area (Å²) in [5.41, 5.74) is 3.50. The van der Waals surface area contributed by atoms with Crippen molar-refractivity contribution in [2.75, 3.05) is 11.9 Å². The first kappa shape index (κ1) is 26.5. The van der Waals surface area contributed by atoms with Crippen LogP contribution in [0.3, 0.4) is 0 Å². The van der Waals surface area contributed by atoms with E-state index in [2.05, 4.69) is 39.9 Å². The predicted octanol–water partition coefficient (Wildman–Crippen LogP) is 5.24. The molecule has 0 amide bonds. The largest absolute Gasteiger partial charge is 0.351 e. The summed E-state index contributed by atoms with van der Waals surface area (Å²) >= 11 is 0. The van der Waals surface area contributed by atoms with Crippen LogP contribution in [0.4, 0.5) is 10.3 Å². The molecule has 0 saturated carbocycles. The van der Waals surface area contributed by atoms with E-state index in [-0.39, 0.29) is 29.8 Å². The highest BCUT2D eigenvalue weighted by Crippen LogP contribution is 2.29. The number of halogens is 2. The number of aromatic nitrogens is 3. The summed E-state index contributed by atoms with van der Waals surface area (Å²) in [5, 5.41) is 7.23. The van der Waals surface area contributed by atoms with Gasteiger partial charge < -0.3 is 10.6 Å². The first-order chi connectivity index (χ1) is 17.6. The molecule has 1 saturated heterocycles. The van der Waals surface area contributed by atoms with Gasteiger partial charge in [0.05, 0.1) is 11.3 Å². The van der Waals surface area contributed by atoms with Crippen molar-refractivity contribution >= 4 is 18.4 Å². The molecule has 2 N–H and O–H groups in total. The fourth-order valence-corrected chi connectivity index (χ4v) is 4.89. The van der Waals surface area contributed by atoms with Crippen LogP contribution in [0.5, 0.6) is 0 Å². The SMILES string of the molecule is Cl.Cn1c(NC(CCc2ccccc2)C2CCCN2)nc(-c2ccncc2)c(-c2ccc(F)cc2)c1=O. The lowest BCUT2D eigenvalue weighted by atomic mass is 9.98. The van der Waals surface area contributed by atoms with Gasteiger partial charge in [0.15, 0.2) is 0 Å². The minimum atomic E-state index is -0.349. The van der Waals surface area contributed by atoms with E-state index in [1.807, 2.05) is 18.2 Å². The highest BCUT2D eigenvalue weighted by Gasteiger charge is 2.27. The number of anilines is 1. The van der Waals surface area contributed by atoms with Gasteiger partial charge in [0, 0.05) is 37.1 Å². The van der Waals surface area contributed by atoms with E-state index in [1.165, 1.54) is 17.7 Å². The van der Waals surface area contributed by atoms with E-state index in [0.29, 0.717) is 28.8 Å². The van der Waals surface area contributed by atoms with E-state index >= 15 is 0 Å². The van der Waals surface area contributed by atoms with Crippen molar-refractivity contribution in [3.05, 3.63) is 101 Å². The van der Waals surface area contributed by atoms with E-state index in [0.717, 1.165) is 37.8 Å². The van der Waals surface area contributed by atoms with E-state index in [4.69, 9.17) is 4.98 Å². The number of hydrogen-bond donors (Lipinski definition) is 2. The molecule has 0 aliphatic carbocycles. The normalized spacial score (nSPS) is 15.7. The zero-order valence-corrected chi connectivity index (χ0v) is 21.5. The van der Waals surface area contributed by atoms with Crippen LogP contribution in [0.15, 0.2) is 83.9 Å². The first-order valence-electron chi connectivity index (χ1n) is 12.4. The van der Waals surface area contributed by atoms with E-state index < -0.39 is 0 Å². The number of nitrogens with zero attached hydrogens (tertiary/aromatic N) is 3. The van der Waals surface area contributed by atoms with Crippen molar-refractivity contribution < 1.29 is 4.39 Å². The van der Waals surface area contributed by atoms with Crippen LogP contribution in [-0.4, -0.2) is 33.2 Å². The summed E-state index contributed by atoms with van der Waals surface area (Å²) in [6, 6.07) is 20.5. The zero-order valence-electron chi connectivity index (χ0n) is 20.7. The zero-order chi connectivity index (χ0) is 24.9. The van der Waals surface area contributed by atoms with E-state index in [9.17, 15) is 9.18 Å². The lowest BCUT2D eigenvalue weighted by Crippen LogP contribution is -2.42. The number of pyridine rings is 1. The van der Waals surface area contributed by atoms with Crippen LogP contribution in [0.2, 0.25) is 0 Å². The third-order valence-corrected chi connectivity index (χ3v) is 6.86. The van der Waals surface area contributed by atoms with Crippen LogP contribution >= 0.6 is 12.4 Å². The van der Waals surface area contributed by atoms with Gasteiger partial charge in [-0.3, -0.25) is 14.3 Å². The quantitative estimate of drug-likeness (QED) is 0.333. The molecule has 1 fully saturated rings. The molecule has 192 valence electrons. The molecule has 5 rings (SSSR count). The Bertz CT molecular complexity index is 1360. The molecule has 2 aromatic heterocycles. The Morgan fingerprint density at radius 1 is 1.05 bits per heavy atom. The Balaban J connectivity index is 0.00000320. The van der Waals surface area contributed by atoms with E-state index in [1.54, 1.807) is 36.1 Å². The molecule has 1 aliphatic heterocycles. The topological polar surface area (TPSA) is 71.8 Å². The van der Waals surface area contributed by atoms with Crippen molar-refractivity contribution in [2.45, 2.75) is 37.8 Å². The van der Waals surface area contributed by atoms with Crippen LogP contribution in [-0.2, 0) is 13.5 Å². The molecule has 37 heavy (non-hydrogen) atoms. The van der Waals surface area contributed by atoms with Crippen LogP contribution in [0.25, 0.3) is 22.4 Å². The highest BCUT2D eigenvalue weighted by atomic mass is 35.5.